The number of carbonyl (C=O) groups is 1. The first kappa shape index (κ1) is 15.7. The molecule has 0 saturated heterocycles. The Balaban J connectivity index is 1.45. The Bertz CT molecular complexity index is 752. The van der Waals surface area contributed by atoms with E-state index >= 15 is 0 Å². The Morgan fingerprint density at radius 1 is 1.29 bits per heavy atom. The van der Waals surface area contributed by atoms with Crippen LogP contribution in [0.15, 0.2) is 30.6 Å². The van der Waals surface area contributed by atoms with Crippen molar-refractivity contribution in [2.45, 2.75) is 45.2 Å². The van der Waals surface area contributed by atoms with E-state index in [2.05, 4.69) is 10.3 Å². The zero-order chi connectivity index (χ0) is 16.7. The largest absolute Gasteiger partial charge is 0.348 e. The summed E-state index contributed by atoms with van der Waals surface area (Å²) in [7, 11) is 0. The number of nitrogens with one attached hydrogen (secondary N) is 1. The lowest BCUT2D eigenvalue weighted by molar-refractivity contribution is 0.0917. The maximum absolute atomic E-state index is 12.6. The second-order valence-corrected chi connectivity index (χ2v) is 7.62. The summed E-state index contributed by atoms with van der Waals surface area (Å²) in [6, 6.07) is 8.10. The Labute approximate surface area is 147 Å². The van der Waals surface area contributed by atoms with Crippen LogP contribution in [0.3, 0.4) is 0 Å². The topological polar surface area (TPSA) is 46.9 Å². The summed E-state index contributed by atoms with van der Waals surface area (Å²) >= 11 is 5.93. The molecule has 2 bridgehead atoms. The van der Waals surface area contributed by atoms with Crippen LogP contribution in [0, 0.1) is 18.8 Å². The monoisotopic (exact) mass is 343 g/mol. The lowest BCUT2D eigenvalue weighted by Crippen LogP contribution is -2.38. The van der Waals surface area contributed by atoms with Crippen LogP contribution in [0.2, 0.25) is 5.02 Å². The second kappa shape index (κ2) is 6.25. The standard InChI is InChI=1S/C19H22ClN3O/c1-12-18(19(24)22-17-9-14-2-5-15(17)8-14)21-11-23(12)10-13-3-6-16(20)7-4-13/h3-4,6-7,11,14-15,17H,2,5,8-10H2,1H3,(H,22,24)/t14-,15+,17+/m0/s1. The third-order valence-electron chi connectivity index (χ3n) is 5.64. The van der Waals surface area contributed by atoms with Crippen molar-refractivity contribution in [3.05, 3.63) is 52.6 Å². The van der Waals surface area contributed by atoms with Crippen molar-refractivity contribution in [2.75, 3.05) is 0 Å². The van der Waals surface area contributed by atoms with Gasteiger partial charge >= 0.3 is 0 Å². The first-order chi connectivity index (χ1) is 11.6. The second-order valence-electron chi connectivity index (χ2n) is 7.19. The number of imidazole rings is 1. The van der Waals surface area contributed by atoms with Crippen molar-refractivity contribution < 1.29 is 4.79 Å². The molecular weight excluding hydrogens is 322 g/mol. The first-order valence-corrected chi connectivity index (χ1v) is 9.05. The molecule has 1 heterocycles. The number of amides is 1. The number of nitrogens with zero attached hydrogens (tertiary/aromatic N) is 2. The highest BCUT2D eigenvalue weighted by Gasteiger charge is 2.40. The predicted molar refractivity (Wildman–Crippen MR) is 94.2 cm³/mol. The van der Waals surface area contributed by atoms with Gasteiger partial charge in [0.2, 0.25) is 0 Å². The highest BCUT2D eigenvalue weighted by atomic mass is 35.5. The van der Waals surface area contributed by atoms with Gasteiger partial charge in [0.25, 0.3) is 5.91 Å². The summed E-state index contributed by atoms with van der Waals surface area (Å²) in [6.45, 7) is 2.65. The highest BCUT2D eigenvalue weighted by molar-refractivity contribution is 6.30. The van der Waals surface area contributed by atoms with Crippen LogP contribution in [-0.4, -0.2) is 21.5 Å². The SMILES string of the molecule is Cc1c(C(=O)N[C@@H]2C[C@H]3CC[C@@H]2C3)ncn1Cc1ccc(Cl)cc1. The Morgan fingerprint density at radius 3 is 2.75 bits per heavy atom. The van der Waals surface area contributed by atoms with Gasteiger partial charge in [0, 0.05) is 23.3 Å². The molecule has 24 heavy (non-hydrogen) atoms. The van der Waals surface area contributed by atoms with Crippen LogP contribution in [0.25, 0.3) is 0 Å². The molecule has 2 aromatic rings. The van der Waals surface area contributed by atoms with Gasteiger partial charge in [0.05, 0.1) is 6.33 Å². The number of halogens is 1. The summed E-state index contributed by atoms with van der Waals surface area (Å²) in [4.78, 5) is 17.0. The molecule has 0 radical (unpaired) electrons. The molecule has 5 heteroatoms. The van der Waals surface area contributed by atoms with Gasteiger partial charge in [-0.2, -0.15) is 0 Å². The number of fused-ring (bicyclic) bond motifs is 2. The lowest BCUT2D eigenvalue weighted by atomic mass is 9.95. The minimum absolute atomic E-state index is 0.0279. The predicted octanol–water partition coefficient (Wildman–Crippen LogP) is 3.81. The van der Waals surface area contributed by atoms with Crippen molar-refractivity contribution >= 4 is 17.5 Å². The van der Waals surface area contributed by atoms with Crippen molar-refractivity contribution in [3.8, 4) is 0 Å². The van der Waals surface area contributed by atoms with Crippen LogP contribution < -0.4 is 5.32 Å². The van der Waals surface area contributed by atoms with E-state index in [9.17, 15) is 4.79 Å². The van der Waals surface area contributed by atoms with Gasteiger partial charge in [0.1, 0.15) is 5.69 Å². The molecule has 126 valence electrons. The van der Waals surface area contributed by atoms with Crippen LogP contribution in [0.1, 0.15) is 47.4 Å². The summed E-state index contributed by atoms with van der Waals surface area (Å²) in [5.74, 6) is 1.47. The number of hydrogen-bond acceptors (Lipinski definition) is 2. The van der Waals surface area contributed by atoms with Gasteiger partial charge < -0.3 is 9.88 Å². The van der Waals surface area contributed by atoms with Gasteiger partial charge in [-0.25, -0.2) is 4.98 Å². The van der Waals surface area contributed by atoms with Crippen molar-refractivity contribution in [2.24, 2.45) is 11.8 Å². The van der Waals surface area contributed by atoms with E-state index in [1.165, 1.54) is 19.3 Å². The molecule has 4 rings (SSSR count). The zero-order valence-electron chi connectivity index (χ0n) is 13.8. The molecule has 0 aliphatic heterocycles. The van der Waals surface area contributed by atoms with Gasteiger partial charge in [-0.15, -0.1) is 0 Å². The van der Waals surface area contributed by atoms with E-state index in [0.717, 1.165) is 28.6 Å². The van der Waals surface area contributed by atoms with Gasteiger partial charge in [0.15, 0.2) is 0 Å². The summed E-state index contributed by atoms with van der Waals surface area (Å²) in [5, 5.41) is 3.95. The van der Waals surface area contributed by atoms with E-state index < -0.39 is 0 Å². The molecular formula is C19H22ClN3O. The highest BCUT2D eigenvalue weighted by Crippen LogP contribution is 2.44. The van der Waals surface area contributed by atoms with Crippen molar-refractivity contribution in [1.82, 2.24) is 14.9 Å². The summed E-state index contributed by atoms with van der Waals surface area (Å²) in [5.41, 5.74) is 2.59. The number of benzene rings is 1. The third-order valence-corrected chi connectivity index (χ3v) is 5.89. The molecule has 1 N–H and O–H groups in total. The molecule has 1 aromatic carbocycles. The van der Waals surface area contributed by atoms with E-state index in [-0.39, 0.29) is 5.91 Å². The number of carbonyl (C=O) groups excluding carboxylic acids is 1. The average molecular weight is 344 g/mol. The Morgan fingerprint density at radius 2 is 2.08 bits per heavy atom. The molecule has 3 atom stereocenters. The molecule has 2 saturated carbocycles. The molecule has 4 nitrogen and oxygen atoms in total. The van der Waals surface area contributed by atoms with E-state index in [0.29, 0.717) is 24.2 Å². The normalized spacial score (nSPS) is 25.2. The molecule has 0 spiro atoms. The van der Waals surface area contributed by atoms with Crippen LogP contribution in [0.4, 0.5) is 0 Å². The lowest BCUT2D eigenvalue weighted by Gasteiger charge is -2.22. The van der Waals surface area contributed by atoms with Crippen LogP contribution >= 0.6 is 11.6 Å². The van der Waals surface area contributed by atoms with Crippen molar-refractivity contribution in [1.29, 1.82) is 0 Å². The molecule has 2 fully saturated rings. The van der Waals surface area contributed by atoms with Crippen LogP contribution in [-0.2, 0) is 6.54 Å². The minimum atomic E-state index is -0.0279. The van der Waals surface area contributed by atoms with E-state index in [1.807, 2.05) is 35.8 Å². The minimum Gasteiger partial charge on any atom is -0.348 e. The van der Waals surface area contributed by atoms with Gasteiger partial charge in [-0.3, -0.25) is 4.79 Å². The summed E-state index contributed by atoms with van der Waals surface area (Å²) in [6.07, 6.45) is 6.78. The summed E-state index contributed by atoms with van der Waals surface area (Å²) < 4.78 is 2.01. The Kier molecular flexibility index (Phi) is 4.09. The number of aromatic nitrogens is 2. The average Bonchev–Trinajstić information content (AvgIpc) is 3.26. The fraction of sp³-hybridized carbons (Fsp3) is 0.474. The van der Waals surface area contributed by atoms with Crippen LogP contribution in [0.5, 0.6) is 0 Å². The molecule has 1 aromatic heterocycles. The zero-order valence-corrected chi connectivity index (χ0v) is 14.6. The molecule has 0 unspecified atom stereocenters. The van der Waals surface area contributed by atoms with Gasteiger partial charge in [-0.1, -0.05) is 30.2 Å². The molecule has 2 aliphatic carbocycles. The quantitative estimate of drug-likeness (QED) is 0.917. The third kappa shape index (κ3) is 2.95. The smallest absolute Gasteiger partial charge is 0.271 e. The molecule has 2 aliphatic rings. The maximum Gasteiger partial charge on any atom is 0.271 e. The van der Waals surface area contributed by atoms with Gasteiger partial charge in [-0.05, 0) is 55.7 Å². The maximum atomic E-state index is 12.6. The molecule has 1 amide bonds. The fourth-order valence-electron chi connectivity index (χ4n) is 4.27. The first-order valence-electron chi connectivity index (χ1n) is 8.67. The fourth-order valence-corrected chi connectivity index (χ4v) is 4.40. The van der Waals surface area contributed by atoms with E-state index in [1.54, 1.807) is 6.33 Å². The Hall–Kier alpha value is -1.81. The number of hydrogen-bond donors (Lipinski definition) is 1. The number of rotatable bonds is 4. The van der Waals surface area contributed by atoms with E-state index in [4.69, 9.17) is 11.6 Å². The van der Waals surface area contributed by atoms with Crippen molar-refractivity contribution in [3.63, 3.8) is 0 Å².